The van der Waals surface area contributed by atoms with Crippen LogP contribution in [-0.2, 0) is 4.79 Å². The first-order valence-corrected chi connectivity index (χ1v) is 8.67. The quantitative estimate of drug-likeness (QED) is 0.327. The fourth-order valence-corrected chi connectivity index (χ4v) is 2.36. The van der Waals surface area contributed by atoms with Gasteiger partial charge in [-0.1, -0.05) is 50.7 Å². The first-order chi connectivity index (χ1) is 10.1. The molecular formula is C18H34O3. The van der Waals surface area contributed by atoms with Crippen LogP contribution in [0.2, 0.25) is 0 Å². The van der Waals surface area contributed by atoms with E-state index in [1.54, 1.807) is 0 Å². The molecule has 1 atom stereocenters. The van der Waals surface area contributed by atoms with Gasteiger partial charge >= 0.3 is 5.97 Å². The van der Waals surface area contributed by atoms with Crippen LogP contribution in [-0.4, -0.2) is 22.3 Å². The number of aliphatic hydroxyl groups is 1. The number of rotatable bonds is 15. The van der Waals surface area contributed by atoms with Gasteiger partial charge in [-0.3, -0.25) is 4.79 Å². The molecule has 0 aromatic rings. The summed E-state index contributed by atoms with van der Waals surface area (Å²) in [6.07, 6.45) is 18.4. The summed E-state index contributed by atoms with van der Waals surface area (Å²) < 4.78 is 0. The fourth-order valence-electron chi connectivity index (χ4n) is 2.36. The van der Waals surface area contributed by atoms with Crippen molar-refractivity contribution in [2.24, 2.45) is 0 Å². The standard InChI is InChI=1S/C18H34O3/c1-17(19)15-13-11-9-7-5-3-2-4-6-8-10-12-14-16-18(20)21/h5,7,17,19H,2-4,6,8-16H2,1H3,(H,20,21)/b7-5+. The van der Waals surface area contributed by atoms with Crippen LogP contribution < -0.4 is 0 Å². The highest BCUT2D eigenvalue weighted by Gasteiger charge is 1.96. The number of carboxylic acid groups (broad SMARTS) is 1. The van der Waals surface area contributed by atoms with Gasteiger partial charge in [-0.15, -0.1) is 0 Å². The number of aliphatic carboxylic acids is 1. The zero-order valence-electron chi connectivity index (χ0n) is 13.7. The van der Waals surface area contributed by atoms with E-state index < -0.39 is 5.97 Å². The maximum Gasteiger partial charge on any atom is 0.303 e. The van der Waals surface area contributed by atoms with Crippen molar-refractivity contribution >= 4 is 5.97 Å². The van der Waals surface area contributed by atoms with Crippen molar-refractivity contribution in [2.45, 2.75) is 96.5 Å². The minimum absolute atomic E-state index is 0.155. The molecule has 0 amide bonds. The summed E-state index contributed by atoms with van der Waals surface area (Å²) in [5.74, 6) is -0.673. The van der Waals surface area contributed by atoms with Crippen LogP contribution in [0, 0.1) is 0 Å². The molecule has 0 bridgehead atoms. The molecule has 1 unspecified atom stereocenters. The van der Waals surface area contributed by atoms with Crippen LogP contribution in [0.5, 0.6) is 0 Å². The molecule has 2 N–H and O–H groups in total. The van der Waals surface area contributed by atoms with Gasteiger partial charge < -0.3 is 10.2 Å². The van der Waals surface area contributed by atoms with E-state index in [0.29, 0.717) is 6.42 Å². The summed E-state index contributed by atoms with van der Waals surface area (Å²) >= 11 is 0. The summed E-state index contributed by atoms with van der Waals surface area (Å²) in [7, 11) is 0. The summed E-state index contributed by atoms with van der Waals surface area (Å²) in [6, 6.07) is 0. The number of carbonyl (C=O) groups is 1. The van der Waals surface area contributed by atoms with Crippen LogP contribution in [0.1, 0.15) is 90.4 Å². The topological polar surface area (TPSA) is 57.5 Å². The lowest BCUT2D eigenvalue weighted by atomic mass is 10.1. The summed E-state index contributed by atoms with van der Waals surface area (Å²) in [5, 5.41) is 17.6. The molecule has 0 saturated heterocycles. The lowest BCUT2D eigenvalue weighted by Crippen LogP contribution is -1.97. The molecular weight excluding hydrogens is 264 g/mol. The van der Waals surface area contributed by atoms with Crippen molar-refractivity contribution in [2.75, 3.05) is 0 Å². The molecule has 0 aliphatic heterocycles. The third kappa shape index (κ3) is 19.2. The highest BCUT2D eigenvalue weighted by molar-refractivity contribution is 5.66. The maximum atomic E-state index is 10.3. The van der Waals surface area contributed by atoms with Crippen molar-refractivity contribution in [3.05, 3.63) is 12.2 Å². The van der Waals surface area contributed by atoms with Crippen LogP contribution in [0.25, 0.3) is 0 Å². The molecule has 0 saturated carbocycles. The summed E-state index contributed by atoms with van der Waals surface area (Å²) in [5.41, 5.74) is 0. The number of allylic oxidation sites excluding steroid dienone is 2. The largest absolute Gasteiger partial charge is 0.481 e. The first kappa shape index (κ1) is 20.2. The zero-order chi connectivity index (χ0) is 15.8. The number of hydrogen-bond acceptors (Lipinski definition) is 2. The van der Waals surface area contributed by atoms with Crippen molar-refractivity contribution in [1.82, 2.24) is 0 Å². The maximum absolute atomic E-state index is 10.3. The lowest BCUT2D eigenvalue weighted by Gasteiger charge is -2.01. The fraction of sp³-hybridized carbons (Fsp3) is 0.833. The van der Waals surface area contributed by atoms with Gasteiger partial charge in [0.15, 0.2) is 0 Å². The SMILES string of the molecule is CC(O)CCCC/C=C/CCCCCCCCCC(=O)O. The molecule has 0 aromatic carbocycles. The molecule has 0 rings (SSSR count). The van der Waals surface area contributed by atoms with Gasteiger partial charge in [0.1, 0.15) is 0 Å². The molecule has 0 spiro atoms. The van der Waals surface area contributed by atoms with E-state index in [0.717, 1.165) is 32.1 Å². The molecule has 124 valence electrons. The third-order valence-electron chi connectivity index (χ3n) is 3.67. The Labute approximate surface area is 130 Å². The van der Waals surface area contributed by atoms with E-state index in [1.807, 2.05) is 6.92 Å². The van der Waals surface area contributed by atoms with Gasteiger partial charge in [0, 0.05) is 6.42 Å². The number of aliphatic hydroxyl groups excluding tert-OH is 1. The third-order valence-corrected chi connectivity index (χ3v) is 3.67. The van der Waals surface area contributed by atoms with Crippen LogP contribution >= 0.6 is 0 Å². The molecule has 0 aliphatic rings. The minimum atomic E-state index is -0.673. The smallest absolute Gasteiger partial charge is 0.303 e. The predicted molar refractivity (Wildman–Crippen MR) is 88.5 cm³/mol. The number of carboxylic acids is 1. The molecule has 3 heteroatoms. The van der Waals surface area contributed by atoms with E-state index in [2.05, 4.69) is 12.2 Å². The molecule has 0 radical (unpaired) electrons. The lowest BCUT2D eigenvalue weighted by molar-refractivity contribution is -0.137. The number of hydrogen-bond donors (Lipinski definition) is 2. The summed E-state index contributed by atoms with van der Waals surface area (Å²) in [6.45, 7) is 1.85. The molecule has 21 heavy (non-hydrogen) atoms. The average molecular weight is 298 g/mol. The Kier molecular flexibility index (Phi) is 14.9. The van der Waals surface area contributed by atoms with Gasteiger partial charge in [-0.25, -0.2) is 0 Å². The second-order valence-corrected chi connectivity index (χ2v) is 6.01. The molecule has 0 heterocycles. The normalized spacial score (nSPS) is 12.9. The second-order valence-electron chi connectivity index (χ2n) is 6.01. The molecule has 0 aromatic heterocycles. The average Bonchev–Trinajstić information content (AvgIpc) is 2.42. The first-order valence-electron chi connectivity index (χ1n) is 8.67. The second kappa shape index (κ2) is 15.6. The van der Waals surface area contributed by atoms with E-state index in [1.165, 1.54) is 44.9 Å². The zero-order valence-corrected chi connectivity index (χ0v) is 13.7. The number of unbranched alkanes of at least 4 members (excludes halogenated alkanes) is 9. The Bertz CT molecular complexity index is 259. The predicted octanol–water partition coefficient (Wildman–Crippen LogP) is 5.08. The van der Waals surface area contributed by atoms with E-state index >= 15 is 0 Å². The monoisotopic (exact) mass is 298 g/mol. The molecule has 3 nitrogen and oxygen atoms in total. The van der Waals surface area contributed by atoms with Gasteiger partial charge in [0.2, 0.25) is 0 Å². The van der Waals surface area contributed by atoms with Crippen molar-refractivity contribution < 1.29 is 15.0 Å². The van der Waals surface area contributed by atoms with Crippen LogP contribution in [0.15, 0.2) is 12.2 Å². The highest BCUT2D eigenvalue weighted by Crippen LogP contribution is 2.10. The minimum Gasteiger partial charge on any atom is -0.481 e. The van der Waals surface area contributed by atoms with Gasteiger partial charge in [0.05, 0.1) is 6.10 Å². The Balaban J connectivity index is 3.09. The van der Waals surface area contributed by atoms with Crippen molar-refractivity contribution in [1.29, 1.82) is 0 Å². The van der Waals surface area contributed by atoms with Gasteiger partial charge in [0.25, 0.3) is 0 Å². The Hall–Kier alpha value is -0.830. The van der Waals surface area contributed by atoms with Crippen molar-refractivity contribution in [3.63, 3.8) is 0 Å². The molecule has 0 aliphatic carbocycles. The summed E-state index contributed by atoms with van der Waals surface area (Å²) in [4.78, 5) is 10.3. The Morgan fingerprint density at radius 3 is 1.86 bits per heavy atom. The molecule has 0 fully saturated rings. The Morgan fingerprint density at radius 1 is 0.857 bits per heavy atom. The van der Waals surface area contributed by atoms with Gasteiger partial charge in [-0.2, -0.15) is 0 Å². The van der Waals surface area contributed by atoms with E-state index in [4.69, 9.17) is 10.2 Å². The van der Waals surface area contributed by atoms with E-state index in [9.17, 15) is 4.79 Å². The van der Waals surface area contributed by atoms with Crippen LogP contribution in [0.3, 0.4) is 0 Å². The van der Waals surface area contributed by atoms with Gasteiger partial charge in [-0.05, 0) is 45.4 Å². The van der Waals surface area contributed by atoms with Crippen molar-refractivity contribution in [3.8, 4) is 0 Å². The van der Waals surface area contributed by atoms with E-state index in [-0.39, 0.29) is 6.10 Å². The van der Waals surface area contributed by atoms with Crippen LogP contribution in [0.4, 0.5) is 0 Å². The Morgan fingerprint density at radius 2 is 1.33 bits per heavy atom. The highest BCUT2D eigenvalue weighted by atomic mass is 16.4.